The summed E-state index contributed by atoms with van der Waals surface area (Å²) >= 11 is 0. The monoisotopic (exact) mass is 300 g/mol. The van der Waals surface area contributed by atoms with Gasteiger partial charge in [-0.3, -0.25) is 0 Å². The number of benzene rings is 1. The summed E-state index contributed by atoms with van der Waals surface area (Å²) < 4.78 is 44.5. The minimum absolute atomic E-state index is 0.390. The van der Waals surface area contributed by atoms with Crippen molar-refractivity contribution in [2.45, 2.75) is 25.7 Å². The van der Waals surface area contributed by atoms with Gasteiger partial charge in [0.2, 0.25) is 0 Å². The van der Waals surface area contributed by atoms with Gasteiger partial charge in [-0.05, 0) is 30.5 Å². The predicted molar refractivity (Wildman–Crippen MR) is 71.6 cm³/mol. The second-order valence-corrected chi connectivity index (χ2v) is 4.59. The number of hydrogen-bond acceptors (Lipinski definition) is 3. The summed E-state index contributed by atoms with van der Waals surface area (Å²) in [5.74, 6) is -0.636. The highest BCUT2D eigenvalue weighted by Gasteiger charge is 2.31. The van der Waals surface area contributed by atoms with Crippen molar-refractivity contribution in [1.82, 2.24) is 4.57 Å². The third-order valence-electron chi connectivity index (χ3n) is 3.35. The van der Waals surface area contributed by atoms with E-state index in [0.717, 1.165) is 12.1 Å². The van der Waals surface area contributed by atoms with Crippen LogP contribution in [0.25, 0.3) is 10.9 Å². The van der Waals surface area contributed by atoms with Gasteiger partial charge in [0, 0.05) is 17.8 Å². The number of alkyl halides is 3. The van der Waals surface area contributed by atoms with E-state index < -0.39 is 23.8 Å². The van der Waals surface area contributed by atoms with Gasteiger partial charge >= 0.3 is 12.1 Å². The van der Waals surface area contributed by atoms with Gasteiger partial charge in [0.05, 0.1) is 12.7 Å². The van der Waals surface area contributed by atoms with Crippen LogP contribution in [0.3, 0.4) is 0 Å². The van der Waals surface area contributed by atoms with Gasteiger partial charge in [0.15, 0.2) is 0 Å². The Bertz CT molecular complexity index is 677. The van der Waals surface area contributed by atoms with Crippen LogP contribution in [0.2, 0.25) is 0 Å². The van der Waals surface area contributed by atoms with Crippen LogP contribution in [0.4, 0.5) is 13.2 Å². The summed E-state index contributed by atoms with van der Waals surface area (Å²) in [5.41, 5.74) is 5.88. The lowest BCUT2D eigenvalue weighted by molar-refractivity contribution is -0.142. The summed E-state index contributed by atoms with van der Waals surface area (Å²) in [6, 6.07) is 4.03. The van der Waals surface area contributed by atoms with Crippen LogP contribution in [-0.4, -0.2) is 17.6 Å². The number of ether oxygens (including phenoxy) is 1. The molecule has 1 heterocycles. The maximum atomic E-state index is 12.8. The van der Waals surface area contributed by atoms with Crippen molar-refractivity contribution >= 4 is 16.9 Å². The fraction of sp³-hybridized carbons (Fsp3) is 0.357. The number of hydrogen-bond donors (Lipinski definition) is 1. The fourth-order valence-corrected chi connectivity index (χ4v) is 2.31. The number of carbonyl (C=O) groups excluding carboxylic acids is 1. The molecule has 0 spiro atoms. The van der Waals surface area contributed by atoms with E-state index >= 15 is 0 Å². The van der Waals surface area contributed by atoms with Crippen LogP contribution in [0.15, 0.2) is 24.3 Å². The maximum Gasteiger partial charge on any atom is 0.416 e. The Labute approximate surface area is 119 Å². The van der Waals surface area contributed by atoms with Crippen molar-refractivity contribution in [3.63, 3.8) is 0 Å². The summed E-state index contributed by atoms with van der Waals surface area (Å²) in [7, 11) is 1.21. The number of methoxy groups -OCH3 is 1. The second-order valence-electron chi connectivity index (χ2n) is 4.59. The molecular weight excluding hydrogens is 285 g/mol. The first-order valence-corrected chi connectivity index (χ1v) is 6.33. The highest BCUT2D eigenvalue weighted by Crippen LogP contribution is 2.33. The average molecular weight is 300 g/mol. The van der Waals surface area contributed by atoms with Crippen molar-refractivity contribution in [3.8, 4) is 0 Å². The standard InChI is InChI=1S/C14H15F3N2O2/c1-3-19-10-7-9(14(15,16)17)5-4-8(10)6-11(19)12(18)13(20)21-2/h4-7,12H,3,18H2,1-2H3. The van der Waals surface area contributed by atoms with Crippen LogP contribution < -0.4 is 5.73 Å². The largest absolute Gasteiger partial charge is 0.468 e. The smallest absolute Gasteiger partial charge is 0.416 e. The van der Waals surface area contributed by atoms with Crippen molar-refractivity contribution in [1.29, 1.82) is 0 Å². The number of esters is 1. The lowest BCUT2D eigenvalue weighted by Crippen LogP contribution is -2.25. The lowest BCUT2D eigenvalue weighted by Gasteiger charge is -2.13. The van der Waals surface area contributed by atoms with Gasteiger partial charge in [0.25, 0.3) is 0 Å². The molecule has 2 rings (SSSR count). The van der Waals surface area contributed by atoms with E-state index in [9.17, 15) is 18.0 Å². The van der Waals surface area contributed by atoms with Crippen molar-refractivity contribution in [3.05, 3.63) is 35.5 Å². The van der Waals surface area contributed by atoms with Crippen molar-refractivity contribution < 1.29 is 22.7 Å². The molecule has 0 aliphatic rings. The van der Waals surface area contributed by atoms with Crippen LogP contribution in [-0.2, 0) is 22.3 Å². The van der Waals surface area contributed by atoms with E-state index in [-0.39, 0.29) is 0 Å². The molecule has 1 aromatic heterocycles. The molecule has 0 bridgehead atoms. The Kier molecular flexibility index (Phi) is 3.95. The van der Waals surface area contributed by atoms with Crippen LogP contribution >= 0.6 is 0 Å². The van der Waals surface area contributed by atoms with Gasteiger partial charge in [-0.25, -0.2) is 4.79 Å². The molecule has 0 amide bonds. The molecule has 0 radical (unpaired) electrons. The SMILES string of the molecule is CCn1c(C(N)C(=O)OC)cc2ccc(C(F)(F)F)cc21. The van der Waals surface area contributed by atoms with E-state index in [1.807, 2.05) is 0 Å². The molecule has 1 aromatic carbocycles. The van der Waals surface area contributed by atoms with Crippen LogP contribution in [0.5, 0.6) is 0 Å². The molecule has 1 unspecified atom stereocenters. The molecule has 2 aromatic rings. The first-order chi connectivity index (χ1) is 9.79. The summed E-state index contributed by atoms with van der Waals surface area (Å²) in [4.78, 5) is 11.5. The van der Waals surface area contributed by atoms with Gasteiger partial charge in [0.1, 0.15) is 6.04 Å². The van der Waals surface area contributed by atoms with Crippen molar-refractivity contribution in [2.75, 3.05) is 7.11 Å². The van der Waals surface area contributed by atoms with Crippen LogP contribution in [0, 0.1) is 0 Å². The van der Waals surface area contributed by atoms with E-state index in [1.165, 1.54) is 13.2 Å². The number of aromatic nitrogens is 1. The van der Waals surface area contributed by atoms with Gasteiger partial charge in [-0.2, -0.15) is 13.2 Å². The molecule has 2 N–H and O–H groups in total. The van der Waals surface area contributed by atoms with Gasteiger partial charge in [-0.1, -0.05) is 6.07 Å². The zero-order valence-electron chi connectivity index (χ0n) is 11.6. The Hall–Kier alpha value is -2.02. The van der Waals surface area contributed by atoms with Gasteiger partial charge < -0.3 is 15.0 Å². The molecule has 0 saturated heterocycles. The minimum atomic E-state index is -4.42. The molecule has 0 fully saturated rings. The third kappa shape index (κ3) is 2.73. The number of fused-ring (bicyclic) bond motifs is 1. The number of aryl methyl sites for hydroxylation is 1. The average Bonchev–Trinajstić information content (AvgIpc) is 2.81. The number of carbonyl (C=O) groups is 1. The van der Waals surface area contributed by atoms with Crippen LogP contribution in [0.1, 0.15) is 24.2 Å². The third-order valence-corrected chi connectivity index (χ3v) is 3.35. The van der Waals surface area contributed by atoms with Crippen molar-refractivity contribution in [2.24, 2.45) is 5.73 Å². The molecule has 1 atom stereocenters. The number of halogens is 3. The number of nitrogens with zero attached hydrogens (tertiary/aromatic N) is 1. The first kappa shape index (κ1) is 15.4. The van der Waals surface area contributed by atoms with Gasteiger partial charge in [-0.15, -0.1) is 0 Å². The molecular formula is C14H15F3N2O2. The Morgan fingerprint density at radius 3 is 2.57 bits per heavy atom. The summed E-state index contributed by atoms with van der Waals surface area (Å²) in [6.07, 6.45) is -4.42. The molecule has 4 nitrogen and oxygen atoms in total. The number of nitrogens with two attached hydrogens (primary N) is 1. The van der Waals surface area contributed by atoms with E-state index in [2.05, 4.69) is 4.74 Å². The first-order valence-electron chi connectivity index (χ1n) is 6.33. The number of rotatable bonds is 3. The highest BCUT2D eigenvalue weighted by molar-refractivity contribution is 5.85. The van der Waals surface area contributed by atoms with E-state index in [1.54, 1.807) is 17.6 Å². The fourth-order valence-electron chi connectivity index (χ4n) is 2.31. The molecule has 114 valence electrons. The molecule has 0 aliphatic heterocycles. The zero-order valence-corrected chi connectivity index (χ0v) is 11.6. The minimum Gasteiger partial charge on any atom is -0.468 e. The summed E-state index contributed by atoms with van der Waals surface area (Å²) in [6.45, 7) is 2.16. The molecule has 0 aliphatic carbocycles. The molecule has 0 saturated carbocycles. The maximum absolute atomic E-state index is 12.8. The zero-order chi connectivity index (χ0) is 15.8. The quantitative estimate of drug-likeness (QED) is 0.887. The Balaban J connectivity index is 2.62. The second kappa shape index (κ2) is 5.40. The normalized spacial score (nSPS) is 13.4. The topological polar surface area (TPSA) is 57.2 Å². The lowest BCUT2D eigenvalue weighted by atomic mass is 10.1. The molecule has 7 heteroatoms. The van der Waals surface area contributed by atoms with E-state index in [4.69, 9.17) is 5.73 Å². The van der Waals surface area contributed by atoms with E-state index in [0.29, 0.717) is 23.1 Å². The Morgan fingerprint density at radius 2 is 2.05 bits per heavy atom. The Morgan fingerprint density at radius 1 is 1.38 bits per heavy atom. The summed E-state index contributed by atoms with van der Waals surface area (Å²) in [5, 5.41) is 0.596. The molecule has 21 heavy (non-hydrogen) atoms. The predicted octanol–water partition coefficient (Wildman–Crippen LogP) is 2.85. The highest BCUT2D eigenvalue weighted by atomic mass is 19.4.